The highest BCUT2D eigenvalue weighted by Crippen LogP contribution is 2.46. The Morgan fingerprint density at radius 2 is 1.50 bits per heavy atom. The van der Waals surface area contributed by atoms with Crippen LogP contribution in [-0.4, -0.2) is 16.1 Å². The second-order valence-corrected chi connectivity index (χ2v) is 5.80. The molecule has 0 bridgehead atoms. The standard InChI is InChI=1S/C21H15NO4/c23-17-18(24)21(22-20(25)14-8-2-1-3-9-14)26-19(17)16-12-6-10-13-7-4-5-11-15(13)16/h1-12,23-24H,(H,22,25). The highest BCUT2D eigenvalue weighted by molar-refractivity contribution is 6.05. The van der Waals surface area contributed by atoms with Crippen molar-refractivity contribution in [1.29, 1.82) is 0 Å². The van der Waals surface area contributed by atoms with Crippen molar-refractivity contribution in [3.8, 4) is 22.8 Å². The number of hydrogen-bond donors (Lipinski definition) is 3. The maximum Gasteiger partial charge on any atom is 0.258 e. The van der Waals surface area contributed by atoms with E-state index in [1.807, 2.05) is 36.4 Å². The molecule has 0 spiro atoms. The molecular weight excluding hydrogens is 330 g/mol. The lowest BCUT2D eigenvalue weighted by Gasteiger charge is -2.04. The highest BCUT2D eigenvalue weighted by atomic mass is 16.4. The number of nitrogens with one attached hydrogen (secondary N) is 1. The molecule has 0 fully saturated rings. The van der Waals surface area contributed by atoms with Gasteiger partial charge in [-0.05, 0) is 22.9 Å². The van der Waals surface area contributed by atoms with Gasteiger partial charge in [0, 0.05) is 11.1 Å². The molecule has 0 atom stereocenters. The fourth-order valence-electron chi connectivity index (χ4n) is 2.87. The first kappa shape index (κ1) is 15.8. The average Bonchev–Trinajstić information content (AvgIpc) is 2.96. The molecule has 128 valence electrons. The van der Waals surface area contributed by atoms with Crippen molar-refractivity contribution < 1.29 is 19.4 Å². The molecule has 1 amide bonds. The minimum Gasteiger partial charge on any atom is -0.502 e. The topological polar surface area (TPSA) is 82.7 Å². The Hall–Kier alpha value is -3.73. The largest absolute Gasteiger partial charge is 0.502 e. The van der Waals surface area contributed by atoms with Gasteiger partial charge in [0.05, 0.1) is 0 Å². The molecule has 5 nitrogen and oxygen atoms in total. The summed E-state index contributed by atoms with van der Waals surface area (Å²) in [6, 6.07) is 21.7. The van der Waals surface area contributed by atoms with E-state index < -0.39 is 17.4 Å². The number of rotatable bonds is 3. The summed E-state index contributed by atoms with van der Waals surface area (Å²) in [7, 11) is 0. The summed E-state index contributed by atoms with van der Waals surface area (Å²) in [5.41, 5.74) is 1.03. The summed E-state index contributed by atoms with van der Waals surface area (Å²) in [5.74, 6) is -1.46. The normalized spacial score (nSPS) is 10.8. The fourth-order valence-corrected chi connectivity index (χ4v) is 2.87. The number of carbonyl (C=O) groups is 1. The van der Waals surface area contributed by atoms with Gasteiger partial charge in [0.25, 0.3) is 5.91 Å². The molecule has 26 heavy (non-hydrogen) atoms. The third-order valence-electron chi connectivity index (χ3n) is 4.16. The summed E-state index contributed by atoms with van der Waals surface area (Å²) in [5, 5.41) is 24.8. The molecule has 0 aliphatic heterocycles. The molecule has 4 aromatic rings. The Kier molecular flexibility index (Phi) is 3.82. The predicted octanol–water partition coefficient (Wildman–Crippen LogP) is 4.76. The second-order valence-electron chi connectivity index (χ2n) is 5.80. The summed E-state index contributed by atoms with van der Waals surface area (Å²) in [6.07, 6.45) is 0. The quantitative estimate of drug-likeness (QED) is 0.500. The van der Waals surface area contributed by atoms with Crippen LogP contribution in [0.1, 0.15) is 10.4 Å². The molecule has 1 heterocycles. The minimum absolute atomic E-state index is 0.0997. The Morgan fingerprint density at radius 3 is 2.31 bits per heavy atom. The third kappa shape index (κ3) is 2.65. The number of hydrogen-bond acceptors (Lipinski definition) is 4. The summed E-state index contributed by atoms with van der Waals surface area (Å²) in [6.45, 7) is 0. The first-order chi connectivity index (χ1) is 12.6. The molecular formula is C21H15NO4. The fraction of sp³-hybridized carbons (Fsp3) is 0. The molecule has 0 unspecified atom stereocenters. The van der Waals surface area contributed by atoms with Crippen LogP contribution in [0.3, 0.4) is 0 Å². The highest BCUT2D eigenvalue weighted by Gasteiger charge is 2.23. The molecule has 1 aromatic heterocycles. The molecule has 0 aliphatic rings. The molecule has 3 aromatic carbocycles. The van der Waals surface area contributed by atoms with Gasteiger partial charge < -0.3 is 14.6 Å². The third-order valence-corrected chi connectivity index (χ3v) is 4.16. The van der Waals surface area contributed by atoms with Gasteiger partial charge in [-0.3, -0.25) is 10.1 Å². The molecule has 3 N–H and O–H groups in total. The lowest BCUT2D eigenvalue weighted by molar-refractivity contribution is 0.102. The second kappa shape index (κ2) is 6.29. The number of aromatic hydroxyl groups is 2. The average molecular weight is 345 g/mol. The van der Waals surface area contributed by atoms with Crippen molar-refractivity contribution in [3.05, 3.63) is 78.4 Å². The molecule has 0 radical (unpaired) electrons. The van der Waals surface area contributed by atoms with Crippen LogP contribution in [-0.2, 0) is 0 Å². The summed E-state index contributed by atoms with van der Waals surface area (Å²) < 4.78 is 5.60. The minimum atomic E-state index is -0.503. The smallest absolute Gasteiger partial charge is 0.258 e. The lowest BCUT2D eigenvalue weighted by Crippen LogP contribution is -2.10. The van der Waals surface area contributed by atoms with Crippen LogP contribution >= 0.6 is 0 Å². The van der Waals surface area contributed by atoms with Crippen molar-refractivity contribution in [2.45, 2.75) is 0 Å². The van der Waals surface area contributed by atoms with E-state index in [0.717, 1.165) is 10.8 Å². The Bertz CT molecular complexity index is 1090. The van der Waals surface area contributed by atoms with Crippen LogP contribution in [0.5, 0.6) is 11.5 Å². The zero-order valence-corrected chi connectivity index (χ0v) is 13.6. The van der Waals surface area contributed by atoms with Gasteiger partial charge in [0.2, 0.25) is 17.4 Å². The van der Waals surface area contributed by atoms with Crippen LogP contribution in [0.15, 0.2) is 77.2 Å². The predicted molar refractivity (Wildman–Crippen MR) is 99.4 cm³/mol. The molecule has 0 saturated carbocycles. The Labute approximate surface area is 149 Å². The number of anilines is 1. The van der Waals surface area contributed by atoms with E-state index in [0.29, 0.717) is 11.1 Å². The van der Waals surface area contributed by atoms with Gasteiger partial charge in [0.15, 0.2) is 5.76 Å². The van der Waals surface area contributed by atoms with Crippen LogP contribution in [0.25, 0.3) is 22.1 Å². The van der Waals surface area contributed by atoms with Gasteiger partial charge >= 0.3 is 0 Å². The van der Waals surface area contributed by atoms with E-state index in [-0.39, 0.29) is 11.6 Å². The maximum absolute atomic E-state index is 12.3. The Morgan fingerprint density at radius 1 is 0.808 bits per heavy atom. The number of furan rings is 1. The maximum atomic E-state index is 12.3. The van der Waals surface area contributed by atoms with E-state index in [4.69, 9.17) is 4.42 Å². The van der Waals surface area contributed by atoms with Gasteiger partial charge in [-0.15, -0.1) is 0 Å². The van der Waals surface area contributed by atoms with Gasteiger partial charge in [-0.25, -0.2) is 0 Å². The van der Waals surface area contributed by atoms with E-state index in [9.17, 15) is 15.0 Å². The van der Waals surface area contributed by atoms with Crippen LogP contribution < -0.4 is 5.32 Å². The van der Waals surface area contributed by atoms with E-state index in [1.165, 1.54) is 0 Å². The SMILES string of the molecule is O=C(Nc1oc(-c2cccc3ccccc23)c(O)c1O)c1ccccc1. The first-order valence-corrected chi connectivity index (χ1v) is 8.04. The number of benzene rings is 3. The summed E-state index contributed by atoms with van der Waals surface area (Å²) >= 11 is 0. The van der Waals surface area contributed by atoms with Crippen molar-refractivity contribution in [3.63, 3.8) is 0 Å². The van der Waals surface area contributed by atoms with Crippen LogP contribution in [0.2, 0.25) is 0 Å². The number of amides is 1. The monoisotopic (exact) mass is 345 g/mol. The van der Waals surface area contributed by atoms with Crippen molar-refractivity contribution >= 4 is 22.6 Å². The van der Waals surface area contributed by atoms with Crippen LogP contribution in [0, 0.1) is 0 Å². The Balaban J connectivity index is 1.76. The van der Waals surface area contributed by atoms with Gasteiger partial charge in [-0.2, -0.15) is 0 Å². The van der Waals surface area contributed by atoms with Crippen LogP contribution in [0.4, 0.5) is 5.88 Å². The molecule has 0 aliphatic carbocycles. The van der Waals surface area contributed by atoms with E-state index in [1.54, 1.807) is 36.4 Å². The molecule has 0 saturated heterocycles. The zero-order chi connectivity index (χ0) is 18.1. The van der Waals surface area contributed by atoms with E-state index >= 15 is 0 Å². The number of fused-ring (bicyclic) bond motifs is 1. The molecule has 5 heteroatoms. The summed E-state index contributed by atoms with van der Waals surface area (Å²) in [4.78, 5) is 12.3. The van der Waals surface area contributed by atoms with Crippen molar-refractivity contribution in [2.24, 2.45) is 0 Å². The van der Waals surface area contributed by atoms with Crippen molar-refractivity contribution in [1.82, 2.24) is 0 Å². The van der Waals surface area contributed by atoms with Gasteiger partial charge in [-0.1, -0.05) is 60.7 Å². The zero-order valence-electron chi connectivity index (χ0n) is 13.6. The number of carbonyl (C=O) groups excluding carboxylic acids is 1. The van der Waals surface area contributed by atoms with Gasteiger partial charge in [0.1, 0.15) is 0 Å². The lowest BCUT2D eigenvalue weighted by atomic mass is 10.0. The van der Waals surface area contributed by atoms with Crippen molar-refractivity contribution in [2.75, 3.05) is 5.32 Å². The molecule has 4 rings (SSSR count). The van der Waals surface area contributed by atoms with E-state index in [2.05, 4.69) is 5.32 Å². The first-order valence-electron chi connectivity index (χ1n) is 8.04.